The standard InChI is InChI=1S/C17H21N3O3S/c1-20(2)16-10-8-15(9-11-16)19-17(21)12-18-24(22,23)13-14-6-4-3-5-7-14/h3-11,18H,12-13H2,1-2H3,(H,19,21). The molecule has 6 nitrogen and oxygen atoms in total. The van der Waals surface area contributed by atoms with Crippen LogP contribution < -0.4 is 14.9 Å². The second-order valence-corrected chi connectivity index (χ2v) is 7.36. The zero-order chi connectivity index (χ0) is 17.6. The van der Waals surface area contributed by atoms with Gasteiger partial charge in [-0.15, -0.1) is 0 Å². The lowest BCUT2D eigenvalue weighted by atomic mass is 10.2. The molecular formula is C17H21N3O3S. The van der Waals surface area contributed by atoms with Crippen molar-refractivity contribution in [3.8, 4) is 0 Å². The van der Waals surface area contributed by atoms with Gasteiger partial charge in [-0.3, -0.25) is 4.79 Å². The van der Waals surface area contributed by atoms with Crippen LogP contribution in [-0.4, -0.2) is 35.0 Å². The Hall–Kier alpha value is -2.38. The average Bonchev–Trinajstić information content (AvgIpc) is 2.54. The van der Waals surface area contributed by atoms with E-state index in [0.29, 0.717) is 11.3 Å². The van der Waals surface area contributed by atoms with E-state index in [2.05, 4.69) is 10.0 Å². The Kier molecular flexibility index (Phi) is 5.94. The third-order valence-corrected chi connectivity index (χ3v) is 4.62. The molecule has 2 rings (SSSR count). The lowest BCUT2D eigenvalue weighted by Gasteiger charge is -2.13. The Morgan fingerprint density at radius 3 is 2.21 bits per heavy atom. The summed E-state index contributed by atoms with van der Waals surface area (Å²) in [7, 11) is 0.294. The number of benzene rings is 2. The smallest absolute Gasteiger partial charge is 0.239 e. The minimum atomic E-state index is -3.56. The van der Waals surface area contributed by atoms with E-state index in [1.165, 1.54) is 0 Å². The van der Waals surface area contributed by atoms with Gasteiger partial charge in [0.1, 0.15) is 0 Å². The van der Waals surface area contributed by atoms with Gasteiger partial charge in [0.15, 0.2) is 0 Å². The third kappa shape index (κ3) is 5.68. The number of carbonyl (C=O) groups is 1. The van der Waals surface area contributed by atoms with E-state index in [0.717, 1.165) is 5.69 Å². The van der Waals surface area contributed by atoms with Gasteiger partial charge in [-0.05, 0) is 29.8 Å². The number of carbonyl (C=O) groups excluding carboxylic acids is 1. The number of sulfonamides is 1. The molecule has 0 bridgehead atoms. The van der Waals surface area contributed by atoms with Crippen molar-refractivity contribution in [2.24, 2.45) is 0 Å². The van der Waals surface area contributed by atoms with Crippen molar-refractivity contribution in [3.05, 3.63) is 60.2 Å². The lowest BCUT2D eigenvalue weighted by Crippen LogP contribution is -2.33. The highest BCUT2D eigenvalue weighted by atomic mass is 32.2. The second-order valence-electron chi connectivity index (χ2n) is 5.56. The Bertz CT molecular complexity index is 772. The molecule has 0 radical (unpaired) electrons. The predicted octanol–water partition coefficient (Wildman–Crippen LogP) is 1.81. The molecule has 0 aromatic heterocycles. The topological polar surface area (TPSA) is 78.5 Å². The first-order chi connectivity index (χ1) is 11.4. The van der Waals surface area contributed by atoms with E-state index in [1.807, 2.05) is 37.2 Å². The van der Waals surface area contributed by atoms with E-state index >= 15 is 0 Å². The van der Waals surface area contributed by atoms with Gasteiger partial charge in [0.25, 0.3) is 0 Å². The van der Waals surface area contributed by atoms with Crippen molar-refractivity contribution < 1.29 is 13.2 Å². The quantitative estimate of drug-likeness (QED) is 0.801. The van der Waals surface area contributed by atoms with Crippen molar-refractivity contribution in [2.75, 3.05) is 30.9 Å². The minimum Gasteiger partial charge on any atom is -0.378 e. The molecule has 0 spiro atoms. The molecule has 0 unspecified atom stereocenters. The van der Waals surface area contributed by atoms with Gasteiger partial charge in [0, 0.05) is 25.5 Å². The highest BCUT2D eigenvalue weighted by molar-refractivity contribution is 7.88. The Labute approximate surface area is 142 Å². The normalized spacial score (nSPS) is 11.1. The highest BCUT2D eigenvalue weighted by Crippen LogP contribution is 2.15. The number of nitrogens with zero attached hydrogens (tertiary/aromatic N) is 1. The Morgan fingerprint density at radius 1 is 1.00 bits per heavy atom. The molecule has 0 aliphatic carbocycles. The monoisotopic (exact) mass is 347 g/mol. The van der Waals surface area contributed by atoms with Crippen LogP contribution in [0.4, 0.5) is 11.4 Å². The molecule has 0 saturated heterocycles. The van der Waals surface area contributed by atoms with Gasteiger partial charge in [-0.25, -0.2) is 13.1 Å². The third-order valence-electron chi connectivity index (χ3n) is 3.32. The Morgan fingerprint density at radius 2 is 1.62 bits per heavy atom. The number of anilines is 2. The summed E-state index contributed by atoms with van der Waals surface area (Å²) in [6.07, 6.45) is 0. The number of amides is 1. The molecule has 0 aliphatic rings. The van der Waals surface area contributed by atoms with Gasteiger partial charge >= 0.3 is 0 Å². The van der Waals surface area contributed by atoms with Crippen molar-refractivity contribution in [1.82, 2.24) is 4.72 Å². The maximum absolute atomic E-state index is 12.0. The van der Waals surface area contributed by atoms with Crippen molar-refractivity contribution in [3.63, 3.8) is 0 Å². The maximum Gasteiger partial charge on any atom is 0.239 e. The van der Waals surface area contributed by atoms with Gasteiger partial charge in [0.2, 0.25) is 15.9 Å². The molecular weight excluding hydrogens is 326 g/mol. The fraction of sp³-hybridized carbons (Fsp3) is 0.235. The summed E-state index contributed by atoms with van der Waals surface area (Å²) in [5.74, 6) is -0.567. The zero-order valence-corrected chi connectivity index (χ0v) is 14.5. The molecule has 0 atom stereocenters. The largest absolute Gasteiger partial charge is 0.378 e. The van der Waals surface area contributed by atoms with E-state index in [1.54, 1.807) is 36.4 Å². The van der Waals surface area contributed by atoms with Crippen LogP contribution in [0.3, 0.4) is 0 Å². The van der Waals surface area contributed by atoms with Gasteiger partial charge in [0.05, 0.1) is 12.3 Å². The fourth-order valence-electron chi connectivity index (χ4n) is 2.07. The van der Waals surface area contributed by atoms with Crippen LogP contribution in [0.5, 0.6) is 0 Å². The van der Waals surface area contributed by atoms with Crippen LogP contribution in [0.25, 0.3) is 0 Å². The van der Waals surface area contributed by atoms with Crippen molar-refractivity contribution in [1.29, 1.82) is 0 Å². The molecule has 0 fully saturated rings. The summed E-state index contributed by atoms with van der Waals surface area (Å²) in [5.41, 5.74) is 2.30. The van der Waals surface area contributed by atoms with Crippen molar-refractivity contribution >= 4 is 27.3 Å². The first kappa shape index (κ1) is 18.0. The SMILES string of the molecule is CN(C)c1ccc(NC(=O)CNS(=O)(=O)Cc2ccccc2)cc1. The van der Waals surface area contributed by atoms with Crippen LogP contribution in [0, 0.1) is 0 Å². The summed E-state index contributed by atoms with van der Waals surface area (Å²) in [4.78, 5) is 13.8. The fourth-order valence-corrected chi connectivity index (χ4v) is 3.15. The molecule has 24 heavy (non-hydrogen) atoms. The summed E-state index contributed by atoms with van der Waals surface area (Å²) >= 11 is 0. The van der Waals surface area contributed by atoms with Crippen LogP contribution in [0.15, 0.2) is 54.6 Å². The molecule has 0 saturated carbocycles. The molecule has 1 amide bonds. The van der Waals surface area contributed by atoms with Crippen LogP contribution >= 0.6 is 0 Å². The highest BCUT2D eigenvalue weighted by Gasteiger charge is 2.13. The van der Waals surface area contributed by atoms with E-state index in [-0.39, 0.29) is 12.3 Å². The molecule has 128 valence electrons. The first-order valence-electron chi connectivity index (χ1n) is 7.44. The molecule has 0 aliphatic heterocycles. The summed E-state index contributed by atoms with van der Waals surface area (Å²) in [5, 5.41) is 2.66. The van der Waals surface area contributed by atoms with Gasteiger partial charge < -0.3 is 10.2 Å². The zero-order valence-electron chi connectivity index (χ0n) is 13.7. The molecule has 0 heterocycles. The minimum absolute atomic E-state index is 0.154. The number of rotatable bonds is 7. The molecule has 2 aromatic rings. The number of hydrogen-bond acceptors (Lipinski definition) is 4. The second kappa shape index (κ2) is 7.94. The van der Waals surface area contributed by atoms with Crippen LogP contribution in [0.1, 0.15) is 5.56 Å². The first-order valence-corrected chi connectivity index (χ1v) is 9.09. The molecule has 7 heteroatoms. The average molecular weight is 347 g/mol. The van der Waals surface area contributed by atoms with Crippen LogP contribution in [0.2, 0.25) is 0 Å². The van der Waals surface area contributed by atoms with Crippen LogP contribution in [-0.2, 0) is 20.6 Å². The molecule has 2 N–H and O–H groups in total. The van der Waals surface area contributed by atoms with Gasteiger partial charge in [-0.2, -0.15) is 0 Å². The lowest BCUT2D eigenvalue weighted by molar-refractivity contribution is -0.115. The summed E-state index contributed by atoms with van der Waals surface area (Å²) in [6.45, 7) is -0.301. The number of hydrogen-bond donors (Lipinski definition) is 2. The van der Waals surface area contributed by atoms with E-state index in [9.17, 15) is 13.2 Å². The number of nitrogens with one attached hydrogen (secondary N) is 2. The summed E-state index contributed by atoms with van der Waals surface area (Å²) in [6, 6.07) is 16.1. The van der Waals surface area contributed by atoms with Crippen molar-refractivity contribution in [2.45, 2.75) is 5.75 Å². The van der Waals surface area contributed by atoms with E-state index < -0.39 is 15.9 Å². The van der Waals surface area contributed by atoms with Gasteiger partial charge in [-0.1, -0.05) is 30.3 Å². The van der Waals surface area contributed by atoms with E-state index in [4.69, 9.17) is 0 Å². The summed E-state index contributed by atoms with van der Waals surface area (Å²) < 4.78 is 26.3. The Balaban J connectivity index is 1.86. The predicted molar refractivity (Wildman–Crippen MR) is 96.5 cm³/mol. The maximum atomic E-state index is 12.0. The molecule has 2 aromatic carbocycles.